The molecule has 146 valence electrons. The first-order valence-corrected chi connectivity index (χ1v) is 10.4. The van der Waals surface area contributed by atoms with Crippen LogP contribution in [0.2, 0.25) is 0 Å². The number of nitrogens with zero attached hydrogens (tertiary/aromatic N) is 1. The summed E-state index contributed by atoms with van der Waals surface area (Å²) in [5.41, 5.74) is 2.62. The summed E-state index contributed by atoms with van der Waals surface area (Å²) in [6, 6.07) is 7.19. The molecule has 0 atom stereocenters. The number of benzene rings is 1. The molecule has 1 spiro atoms. The van der Waals surface area contributed by atoms with Crippen molar-refractivity contribution >= 4 is 34.7 Å². The molecule has 2 fully saturated rings. The fraction of sp³-hybridized carbons (Fsp3) is 0.381. The number of rotatable bonds is 3. The van der Waals surface area contributed by atoms with Gasteiger partial charge in [-0.3, -0.25) is 14.4 Å². The highest BCUT2D eigenvalue weighted by Crippen LogP contribution is 2.32. The zero-order valence-corrected chi connectivity index (χ0v) is 16.6. The van der Waals surface area contributed by atoms with Crippen LogP contribution in [0, 0.1) is 6.92 Å². The van der Waals surface area contributed by atoms with Crippen LogP contribution in [0.25, 0.3) is 0 Å². The summed E-state index contributed by atoms with van der Waals surface area (Å²) < 4.78 is 0. The van der Waals surface area contributed by atoms with E-state index in [9.17, 15) is 14.4 Å². The Balaban J connectivity index is 1.45. The summed E-state index contributed by atoms with van der Waals surface area (Å²) in [7, 11) is 0. The molecule has 6 nitrogen and oxygen atoms in total. The van der Waals surface area contributed by atoms with Crippen LogP contribution in [-0.4, -0.2) is 41.2 Å². The van der Waals surface area contributed by atoms with Gasteiger partial charge in [-0.1, -0.05) is 6.07 Å². The van der Waals surface area contributed by atoms with Crippen LogP contribution < -0.4 is 10.6 Å². The largest absolute Gasteiger partial charge is 0.351 e. The summed E-state index contributed by atoms with van der Waals surface area (Å²) in [4.78, 5) is 38.7. The fourth-order valence-corrected chi connectivity index (χ4v) is 4.58. The summed E-state index contributed by atoms with van der Waals surface area (Å²) in [6.45, 7) is 3.16. The van der Waals surface area contributed by atoms with Crippen molar-refractivity contribution in [2.75, 3.05) is 18.4 Å². The smallest absolute Gasteiger partial charge is 0.256 e. The third-order valence-electron chi connectivity index (χ3n) is 5.76. The maximum atomic E-state index is 13.0. The zero-order valence-electron chi connectivity index (χ0n) is 15.8. The third kappa shape index (κ3) is 3.67. The molecule has 3 amide bonds. The first kappa shape index (κ1) is 18.7. The molecule has 0 bridgehead atoms. The molecular weight excluding hydrogens is 374 g/mol. The molecule has 1 aromatic heterocycles. The van der Waals surface area contributed by atoms with E-state index in [0.717, 1.165) is 24.8 Å². The lowest BCUT2D eigenvalue weighted by Crippen LogP contribution is -2.52. The number of hydrogen-bond acceptors (Lipinski definition) is 4. The molecule has 0 unspecified atom stereocenters. The van der Waals surface area contributed by atoms with E-state index < -0.39 is 0 Å². The van der Waals surface area contributed by atoms with E-state index in [1.54, 1.807) is 23.6 Å². The third-order valence-corrected chi connectivity index (χ3v) is 6.44. The molecule has 1 aromatic carbocycles. The lowest BCUT2D eigenvalue weighted by atomic mass is 9.86. The Hall–Kier alpha value is -2.67. The minimum absolute atomic E-state index is 0.0368. The summed E-state index contributed by atoms with van der Waals surface area (Å²) >= 11 is 1.47. The first-order chi connectivity index (χ1) is 13.5. The number of carbonyl (C=O) groups excluding carboxylic acids is 3. The fourth-order valence-electron chi connectivity index (χ4n) is 3.95. The zero-order chi connectivity index (χ0) is 19.7. The van der Waals surface area contributed by atoms with Crippen molar-refractivity contribution < 1.29 is 14.4 Å². The number of anilines is 1. The Labute approximate surface area is 167 Å². The van der Waals surface area contributed by atoms with Crippen LogP contribution in [0.15, 0.2) is 35.0 Å². The van der Waals surface area contributed by atoms with Crippen molar-refractivity contribution in [2.24, 2.45) is 0 Å². The molecule has 0 radical (unpaired) electrons. The molecule has 4 rings (SSSR count). The van der Waals surface area contributed by atoms with Gasteiger partial charge in [-0.2, -0.15) is 11.3 Å². The maximum absolute atomic E-state index is 13.0. The van der Waals surface area contributed by atoms with Gasteiger partial charge >= 0.3 is 0 Å². The van der Waals surface area contributed by atoms with Gasteiger partial charge in [0.15, 0.2) is 0 Å². The van der Waals surface area contributed by atoms with Gasteiger partial charge in [0, 0.05) is 41.7 Å². The minimum atomic E-state index is -0.175. The predicted molar refractivity (Wildman–Crippen MR) is 109 cm³/mol. The van der Waals surface area contributed by atoms with Crippen LogP contribution in [0.3, 0.4) is 0 Å². The average molecular weight is 398 g/mol. The van der Waals surface area contributed by atoms with Crippen LogP contribution >= 0.6 is 11.3 Å². The molecular formula is C21H23N3O3S. The Morgan fingerprint density at radius 1 is 1.14 bits per heavy atom. The number of amides is 3. The van der Waals surface area contributed by atoms with E-state index in [0.29, 0.717) is 36.3 Å². The number of piperidine rings is 1. The van der Waals surface area contributed by atoms with E-state index in [2.05, 4.69) is 10.6 Å². The highest BCUT2D eigenvalue weighted by molar-refractivity contribution is 7.08. The van der Waals surface area contributed by atoms with Gasteiger partial charge in [-0.05, 0) is 55.3 Å². The number of thiophene rings is 1. The molecule has 0 aliphatic carbocycles. The highest BCUT2D eigenvalue weighted by Gasteiger charge is 2.41. The van der Waals surface area contributed by atoms with Crippen LogP contribution in [-0.2, 0) is 4.79 Å². The number of likely N-dealkylation sites (tertiary alicyclic amines) is 1. The van der Waals surface area contributed by atoms with E-state index >= 15 is 0 Å². The molecule has 28 heavy (non-hydrogen) atoms. The summed E-state index contributed by atoms with van der Waals surface area (Å²) in [6.07, 6.45) is 3.02. The average Bonchev–Trinajstić information content (AvgIpc) is 3.34. The van der Waals surface area contributed by atoms with Gasteiger partial charge < -0.3 is 15.5 Å². The van der Waals surface area contributed by atoms with Crippen LogP contribution in [0.5, 0.6) is 0 Å². The minimum Gasteiger partial charge on any atom is -0.351 e. The molecule has 2 aromatic rings. The van der Waals surface area contributed by atoms with Crippen molar-refractivity contribution in [1.82, 2.24) is 10.2 Å². The predicted octanol–water partition coefficient (Wildman–Crippen LogP) is 3.19. The lowest BCUT2D eigenvalue weighted by Gasteiger charge is -2.39. The Morgan fingerprint density at radius 3 is 2.57 bits per heavy atom. The highest BCUT2D eigenvalue weighted by atomic mass is 32.1. The quantitative estimate of drug-likeness (QED) is 0.835. The second-order valence-corrected chi connectivity index (χ2v) is 8.40. The van der Waals surface area contributed by atoms with E-state index in [4.69, 9.17) is 0 Å². The maximum Gasteiger partial charge on any atom is 0.256 e. The lowest BCUT2D eigenvalue weighted by molar-refractivity contribution is -0.120. The van der Waals surface area contributed by atoms with Gasteiger partial charge in [0.1, 0.15) is 0 Å². The number of hydrogen-bond donors (Lipinski definition) is 2. The summed E-state index contributed by atoms with van der Waals surface area (Å²) in [5.74, 6) is -0.0969. The SMILES string of the molecule is Cc1ccc(C(=O)N2CCC3(CCC(=O)N3)CC2)cc1NC(=O)c1ccsc1. The van der Waals surface area contributed by atoms with Crippen LogP contribution in [0.4, 0.5) is 5.69 Å². The normalized spacial score (nSPS) is 18.2. The molecule has 2 aliphatic rings. The molecule has 0 saturated carbocycles. The van der Waals surface area contributed by atoms with Crippen LogP contribution in [0.1, 0.15) is 52.0 Å². The van der Waals surface area contributed by atoms with E-state index in [-0.39, 0.29) is 23.3 Å². The standard InChI is InChI=1S/C21H23N3O3S/c1-14-2-3-15(12-17(14)22-19(26)16-5-11-28-13-16)20(27)24-9-7-21(8-10-24)6-4-18(25)23-21/h2-3,5,11-13H,4,6-10H2,1H3,(H,22,26)(H,23,25). The monoisotopic (exact) mass is 397 g/mol. The van der Waals surface area contributed by atoms with Crippen molar-refractivity contribution in [3.05, 3.63) is 51.7 Å². The second kappa shape index (κ2) is 7.39. The van der Waals surface area contributed by atoms with Gasteiger partial charge in [-0.25, -0.2) is 0 Å². The van der Waals surface area contributed by atoms with Gasteiger partial charge in [0.25, 0.3) is 11.8 Å². The van der Waals surface area contributed by atoms with Crippen molar-refractivity contribution in [2.45, 2.75) is 38.1 Å². The number of aryl methyl sites for hydroxylation is 1. The van der Waals surface area contributed by atoms with Gasteiger partial charge in [0.2, 0.25) is 5.91 Å². The van der Waals surface area contributed by atoms with Gasteiger partial charge in [0.05, 0.1) is 5.56 Å². The first-order valence-electron chi connectivity index (χ1n) is 9.50. The van der Waals surface area contributed by atoms with Gasteiger partial charge in [-0.15, -0.1) is 0 Å². The molecule has 2 saturated heterocycles. The van der Waals surface area contributed by atoms with E-state index in [1.807, 2.05) is 23.3 Å². The topological polar surface area (TPSA) is 78.5 Å². The Kier molecular flexibility index (Phi) is 4.93. The Morgan fingerprint density at radius 2 is 1.93 bits per heavy atom. The molecule has 2 N–H and O–H groups in total. The molecule has 2 aliphatic heterocycles. The van der Waals surface area contributed by atoms with Crippen molar-refractivity contribution in [3.8, 4) is 0 Å². The summed E-state index contributed by atoms with van der Waals surface area (Å²) in [5, 5.41) is 9.66. The second-order valence-electron chi connectivity index (χ2n) is 7.62. The Bertz CT molecular complexity index is 915. The molecule has 7 heteroatoms. The number of nitrogens with one attached hydrogen (secondary N) is 2. The molecule has 3 heterocycles. The number of carbonyl (C=O) groups is 3. The van der Waals surface area contributed by atoms with E-state index in [1.165, 1.54) is 11.3 Å². The van der Waals surface area contributed by atoms with Crippen molar-refractivity contribution in [3.63, 3.8) is 0 Å². The van der Waals surface area contributed by atoms with Crippen molar-refractivity contribution in [1.29, 1.82) is 0 Å².